The van der Waals surface area contributed by atoms with Crippen molar-refractivity contribution < 1.29 is 15.0 Å². The molecule has 3 N–H and O–H groups in total. The van der Waals surface area contributed by atoms with Crippen LogP contribution in [-0.2, 0) is 0 Å². The standard InChI is InChI=1S/C15H17N3O3/c19-8-9-5-10(6-14(9)20)17-15(21)13-7-16-11-3-1-2-4-12(11)18-13/h1-4,7,9-10,14,19-20H,5-6,8H2,(H,17,21). The Hall–Kier alpha value is -2.05. The van der Waals surface area contributed by atoms with Crippen LogP contribution in [0.4, 0.5) is 0 Å². The highest BCUT2D eigenvalue weighted by Gasteiger charge is 2.33. The van der Waals surface area contributed by atoms with Crippen LogP contribution in [0.2, 0.25) is 0 Å². The lowest BCUT2D eigenvalue weighted by atomic mass is 10.1. The third kappa shape index (κ3) is 2.86. The summed E-state index contributed by atoms with van der Waals surface area (Å²) in [4.78, 5) is 20.7. The second-order valence-corrected chi connectivity index (χ2v) is 5.40. The minimum absolute atomic E-state index is 0.0662. The maximum Gasteiger partial charge on any atom is 0.271 e. The zero-order valence-electron chi connectivity index (χ0n) is 11.4. The van der Waals surface area contributed by atoms with Gasteiger partial charge in [-0.15, -0.1) is 0 Å². The number of nitrogens with one attached hydrogen (secondary N) is 1. The first-order valence-electron chi connectivity index (χ1n) is 6.99. The Bertz CT molecular complexity index is 661. The average molecular weight is 287 g/mol. The van der Waals surface area contributed by atoms with Crippen LogP contribution in [0.15, 0.2) is 30.5 Å². The fourth-order valence-electron chi connectivity index (χ4n) is 2.74. The SMILES string of the molecule is O=C(NC1CC(O)C(CO)C1)c1cnc2ccccc2n1. The van der Waals surface area contributed by atoms with E-state index < -0.39 is 6.10 Å². The Morgan fingerprint density at radius 2 is 2.05 bits per heavy atom. The Kier molecular flexibility index (Phi) is 3.81. The van der Waals surface area contributed by atoms with Crippen molar-refractivity contribution in [3.63, 3.8) is 0 Å². The maximum atomic E-state index is 12.2. The van der Waals surface area contributed by atoms with Crippen molar-refractivity contribution in [3.8, 4) is 0 Å². The van der Waals surface area contributed by atoms with Gasteiger partial charge in [0, 0.05) is 18.6 Å². The number of carbonyl (C=O) groups is 1. The maximum absolute atomic E-state index is 12.2. The molecule has 1 aromatic heterocycles. The van der Waals surface area contributed by atoms with E-state index in [1.165, 1.54) is 6.20 Å². The van der Waals surface area contributed by atoms with Crippen molar-refractivity contribution in [2.24, 2.45) is 5.92 Å². The number of amides is 1. The predicted octanol–water partition coefficient (Wildman–Crippen LogP) is 0.491. The van der Waals surface area contributed by atoms with E-state index >= 15 is 0 Å². The predicted molar refractivity (Wildman–Crippen MR) is 76.6 cm³/mol. The molecule has 1 aliphatic rings. The smallest absolute Gasteiger partial charge is 0.271 e. The Labute approximate surface area is 121 Å². The molecular weight excluding hydrogens is 270 g/mol. The van der Waals surface area contributed by atoms with Gasteiger partial charge in [-0.1, -0.05) is 12.1 Å². The molecule has 1 fully saturated rings. The minimum atomic E-state index is -0.567. The molecule has 1 aliphatic carbocycles. The number of fused-ring (bicyclic) bond motifs is 1. The summed E-state index contributed by atoms with van der Waals surface area (Å²) in [5.41, 5.74) is 1.67. The highest BCUT2D eigenvalue weighted by molar-refractivity contribution is 5.93. The fraction of sp³-hybridized carbons (Fsp3) is 0.400. The van der Waals surface area contributed by atoms with Gasteiger partial charge in [-0.3, -0.25) is 9.78 Å². The molecule has 1 heterocycles. The number of para-hydroxylation sites is 2. The highest BCUT2D eigenvalue weighted by atomic mass is 16.3. The number of aromatic nitrogens is 2. The molecule has 6 heteroatoms. The molecule has 0 spiro atoms. The van der Waals surface area contributed by atoms with Gasteiger partial charge in [0.1, 0.15) is 5.69 Å². The second kappa shape index (κ2) is 5.75. The van der Waals surface area contributed by atoms with Gasteiger partial charge in [-0.25, -0.2) is 4.98 Å². The van der Waals surface area contributed by atoms with Crippen LogP contribution in [0.5, 0.6) is 0 Å². The van der Waals surface area contributed by atoms with E-state index in [2.05, 4.69) is 15.3 Å². The normalized spacial score (nSPS) is 25.1. The summed E-state index contributed by atoms with van der Waals surface area (Å²) in [5.74, 6) is -0.470. The van der Waals surface area contributed by atoms with Crippen LogP contribution in [-0.4, -0.2) is 44.8 Å². The van der Waals surface area contributed by atoms with Crippen LogP contribution in [0.1, 0.15) is 23.3 Å². The molecule has 3 unspecified atom stereocenters. The van der Waals surface area contributed by atoms with Crippen LogP contribution in [0.3, 0.4) is 0 Å². The van der Waals surface area contributed by atoms with Gasteiger partial charge in [0.05, 0.1) is 23.3 Å². The summed E-state index contributed by atoms with van der Waals surface area (Å²) in [6.45, 7) is -0.0662. The lowest BCUT2D eigenvalue weighted by Gasteiger charge is -2.12. The lowest BCUT2D eigenvalue weighted by molar-refractivity contribution is 0.0902. The van der Waals surface area contributed by atoms with Crippen molar-refractivity contribution in [2.45, 2.75) is 25.0 Å². The molecule has 0 bridgehead atoms. The first-order chi connectivity index (χ1) is 10.2. The first-order valence-corrected chi connectivity index (χ1v) is 6.99. The van der Waals surface area contributed by atoms with Crippen molar-refractivity contribution in [3.05, 3.63) is 36.2 Å². The molecule has 3 atom stereocenters. The highest BCUT2D eigenvalue weighted by Crippen LogP contribution is 2.25. The van der Waals surface area contributed by atoms with Crippen LogP contribution >= 0.6 is 0 Å². The van der Waals surface area contributed by atoms with Crippen LogP contribution < -0.4 is 5.32 Å². The van der Waals surface area contributed by atoms with E-state index in [9.17, 15) is 9.90 Å². The van der Waals surface area contributed by atoms with E-state index in [1.807, 2.05) is 18.2 Å². The molecule has 2 aromatic rings. The number of benzene rings is 1. The first kappa shape index (κ1) is 13.9. The molecule has 21 heavy (non-hydrogen) atoms. The topological polar surface area (TPSA) is 95.3 Å². The molecular formula is C15H17N3O3. The van der Waals surface area contributed by atoms with Gasteiger partial charge in [-0.2, -0.15) is 0 Å². The summed E-state index contributed by atoms with van der Waals surface area (Å²) in [5, 5.41) is 21.7. The third-order valence-electron chi connectivity index (χ3n) is 3.91. The van der Waals surface area contributed by atoms with Crippen LogP contribution in [0.25, 0.3) is 11.0 Å². The number of hydrogen-bond acceptors (Lipinski definition) is 5. The molecule has 6 nitrogen and oxygen atoms in total. The van der Waals surface area contributed by atoms with Gasteiger partial charge >= 0.3 is 0 Å². The van der Waals surface area contributed by atoms with Crippen molar-refractivity contribution in [1.29, 1.82) is 0 Å². The van der Waals surface area contributed by atoms with Gasteiger partial charge in [0.2, 0.25) is 0 Å². The number of nitrogens with zero attached hydrogens (tertiary/aromatic N) is 2. The average Bonchev–Trinajstić information content (AvgIpc) is 2.86. The third-order valence-corrected chi connectivity index (χ3v) is 3.91. The fourth-order valence-corrected chi connectivity index (χ4v) is 2.74. The zero-order valence-corrected chi connectivity index (χ0v) is 11.4. The van der Waals surface area contributed by atoms with E-state index in [-0.39, 0.29) is 30.2 Å². The largest absolute Gasteiger partial charge is 0.396 e. The van der Waals surface area contributed by atoms with Crippen LogP contribution in [0, 0.1) is 5.92 Å². The molecule has 110 valence electrons. The monoisotopic (exact) mass is 287 g/mol. The van der Waals surface area contributed by atoms with Gasteiger partial charge in [0.15, 0.2) is 0 Å². The second-order valence-electron chi connectivity index (χ2n) is 5.40. The van der Waals surface area contributed by atoms with Gasteiger partial charge in [-0.05, 0) is 25.0 Å². The van der Waals surface area contributed by atoms with Crippen molar-refractivity contribution in [1.82, 2.24) is 15.3 Å². The Morgan fingerprint density at radius 1 is 1.29 bits per heavy atom. The summed E-state index contributed by atoms with van der Waals surface area (Å²) in [7, 11) is 0. The molecule has 3 rings (SSSR count). The Morgan fingerprint density at radius 3 is 2.76 bits per heavy atom. The molecule has 1 amide bonds. The van der Waals surface area contributed by atoms with Crippen molar-refractivity contribution >= 4 is 16.9 Å². The molecule has 1 saturated carbocycles. The Balaban J connectivity index is 1.72. The van der Waals surface area contributed by atoms with E-state index in [1.54, 1.807) is 6.07 Å². The number of aliphatic hydroxyl groups excluding tert-OH is 2. The summed E-state index contributed by atoms with van der Waals surface area (Å²) in [6, 6.07) is 7.21. The van der Waals surface area contributed by atoms with E-state index in [0.717, 1.165) is 5.52 Å². The molecule has 1 aromatic carbocycles. The minimum Gasteiger partial charge on any atom is -0.396 e. The van der Waals surface area contributed by atoms with Crippen molar-refractivity contribution in [2.75, 3.05) is 6.61 Å². The number of hydrogen-bond donors (Lipinski definition) is 3. The molecule has 0 radical (unpaired) electrons. The lowest BCUT2D eigenvalue weighted by Crippen LogP contribution is -2.34. The summed E-state index contributed by atoms with van der Waals surface area (Å²) < 4.78 is 0. The van der Waals surface area contributed by atoms with E-state index in [0.29, 0.717) is 18.4 Å². The summed E-state index contributed by atoms with van der Waals surface area (Å²) in [6.07, 6.45) is 1.91. The number of aliphatic hydroxyl groups is 2. The molecule has 0 aliphatic heterocycles. The van der Waals surface area contributed by atoms with Gasteiger partial charge in [0.25, 0.3) is 5.91 Å². The van der Waals surface area contributed by atoms with Gasteiger partial charge < -0.3 is 15.5 Å². The molecule has 0 saturated heterocycles. The summed E-state index contributed by atoms with van der Waals surface area (Å²) >= 11 is 0. The quantitative estimate of drug-likeness (QED) is 0.763. The number of carbonyl (C=O) groups excluding carboxylic acids is 1. The number of rotatable bonds is 3. The van der Waals surface area contributed by atoms with E-state index in [4.69, 9.17) is 5.11 Å². The zero-order chi connectivity index (χ0) is 14.8.